The lowest BCUT2D eigenvalue weighted by Crippen LogP contribution is -2.60. The highest BCUT2D eigenvalue weighted by molar-refractivity contribution is 8.14. The number of thiophene rings is 1. The fourth-order valence-electron chi connectivity index (χ4n) is 8.40. The molecule has 3 saturated heterocycles. The van der Waals surface area contributed by atoms with Crippen LogP contribution in [0.4, 0.5) is 8.78 Å². The lowest BCUT2D eigenvalue weighted by Gasteiger charge is -2.43. The maximum absolute atomic E-state index is 16.5. The molecule has 0 bridgehead atoms. The van der Waals surface area contributed by atoms with E-state index in [1.54, 1.807) is 52.6 Å². The minimum Gasteiger partial charge on any atom is -0.340 e. The summed E-state index contributed by atoms with van der Waals surface area (Å²) in [6.45, 7) is 10.6. The number of benzene rings is 1. The number of carbonyl (C=O) groups excluding carboxylic acids is 5. The van der Waals surface area contributed by atoms with Gasteiger partial charge in [0, 0.05) is 70.0 Å². The number of halogens is 2. The minimum absolute atomic E-state index is 0.0372. The van der Waals surface area contributed by atoms with Gasteiger partial charge in [-0.05, 0) is 85.6 Å². The van der Waals surface area contributed by atoms with Gasteiger partial charge in [0.2, 0.25) is 11.8 Å². The van der Waals surface area contributed by atoms with Crippen LogP contribution in [0, 0.1) is 16.2 Å². The first kappa shape index (κ1) is 47.7. The van der Waals surface area contributed by atoms with Gasteiger partial charge >= 0.3 is 13.3 Å². The van der Waals surface area contributed by atoms with Crippen molar-refractivity contribution in [3.63, 3.8) is 0 Å². The Morgan fingerprint density at radius 1 is 0.921 bits per heavy atom. The molecule has 7 rings (SSSR count). The molecule has 4 aliphatic rings. The molecule has 0 radical (unpaired) electrons. The van der Waals surface area contributed by atoms with Crippen LogP contribution in [0.5, 0.6) is 0 Å². The van der Waals surface area contributed by atoms with Gasteiger partial charge in [-0.25, -0.2) is 0 Å². The van der Waals surface area contributed by atoms with E-state index in [1.807, 2.05) is 23.2 Å². The Hall–Kier alpha value is -3.21. The molecule has 3 aliphatic heterocycles. The van der Waals surface area contributed by atoms with Crippen LogP contribution < -0.4 is 5.32 Å². The van der Waals surface area contributed by atoms with E-state index >= 15 is 8.78 Å². The highest BCUT2D eigenvalue weighted by atomic mass is 32.2. The second-order valence-electron chi connectivity index (χ2n) is 19.3. The third-order valence-corrected chi connectivity index (χ3v) is 18.0. The normalized spacial score (nSPS) is 21.8. The predicted molar refractivity (Wildman–Crippen MR) is 243 cm³/mol. The number of fused-ring (bicyclic) bond motifs is 2. The van der Waals surface area contributed by atoms with Crippen LogP contribution in [0.1, 0.15) is 113 Å². The third-order valence-electron chi connectivity index (χ3n) is 12.4. The number of pyridine rings is 1. The molecule has 4 fully saturated rings. The molecule has 1 saturated carbocycles. The molecule has 1 N–H and O–H groups in total. The van der Waals surface area contributed by atoms with Gasteiger partial charge in [0.15, 0.2) is 10.2 Å². The molecule has 1 aliphatic carbocycles. The molecule has 3 amide bonds. The van der Waals surface area contributed by atoms with E-state index in [-0.39, 0.29) is 55.8 Å². The van der Waals surface area contributed by atoms with Gasteiger partial charge in [-0.2, -0.15) is 8.78 Å². The molecular formula is C45H57F2N4O8PS3. The topological polar surface area (TPSA) is 152 Å². The van der Waals surface area contributed by atoms with E-state index in [0.29, 0.717) is 36.0 Å². The molecule has 342 valence electrons. The van der Waals surface area contributed by atoms with E-state index < -0.39 is 60.9 Å². The summed E-state index contributed by atoms with van der Waals surface area (Å²) in [5.74, 6) is -0.739. The summed E-state index contributed by atoms with van der Waals surface area (Å²) < 4.78 is 58.4. The molecule has 3 atom stereocenters. The monoisotopic (exact) mass is 946 g/mol. The van der Waals surface area contributed by atoms with Crippen molar-refractivity contribution < 1.29 is 46.4 Å². The molecule has 2 aromatic heterocycles. The number of likely N-dealkylation sites (tertiary alicyclic amines) is 1. The van der Waals surface area contributed by atoms with E-state index in [4.69, 9.17) is 9.05 Å². The SMILES string of the molecule is CC(C)(C)C(=O)SCCOP(=O)(OCCSC(=O)C(C)(C)C)C(F)(F)c1ccc2sc(C(=O)N[C@H]3CC4(CC[C@H]5CC[C@@H](C(=O)N6CC(c7cccnc7)C6)N5C3=O)CC4)cc2c1. The van der Waals surface area contributed by atoms with Gasteiger partial charge < -0.3 is 24.2 Å². The highest BCUT2D eigenvalue weighted by Gasteiger charge is 2.56. The second-order valence-corrected chi connectivity index (χ2v) is 24.6. The van der Waals surface area contributed by atoms with Crippen molar-refractivity contribution in [3.05, 3.63) is 64.8 Å². The second kappa shape index (κ2) is 18.6. The van der Waals surface area contributed by atoms with Crippen LogP contribution in [0.25, 0.3) is 10.1 Å². The number of amides is 3. The number of thioether (sulfide) groups is 2. The molecule has 18 heteroatoms. The predicted octanol–water partition coefficient (Wildman–Crippen LogP) is 9.23. The van der Waals surface area contributed by atoms with Crippen molar-refractivity contribution in [2.24, 2.45) is 16.2 Å². The number of carbonyl (C=O) groups is 5. The van der Waals surface area contributed by atoms with Gasteiger partial charge in [0.1, 0.15) is 12.1 Å². The van der Waals surface area contributed by atoms with Gasteiger partial charge in [0.25, 0.3) is 5.91 Å². The Morgan fingerprint density at radius 3 is 2.16 bits per heavy atom. The van der Waals surface area contributed by atoms with Crippen molar-refractivity contribution >= 4 is 80.5 Å². The number of hydrogen-bond donors (Lipinski definition) is 1. The van der Waals surface area contributed by atoms with Crippen molar-refractivity contribution in [1.82, 2.24) is 20.1 Å². The zero-order chi connectivity index (χ0) is 45.5. The van der Waals surface area contributed by atoms with Gasteiger partial charge in [-0.3, -0.25) is 33.5 Å². The van der Waals surface area contributed by atoms with Gasteiger partial charge in [0.05, 0.1) is 18.1 Å². The first-order valence-electron chi connectivity index (χ1n) is 21.6. The molecule has 1 spiro atoms. The number of nitrogens with zero attached hydrogens (tertiary/aromatic N) is 3. The standard InChI is InChI=1S/C45H57F2N4O8PS3/c1-42(2,3)40(55)61-20-18-58-60(57,59-19-21-62-41(56)43(4,5)6)45(46,47)31-9-12-35-29(22-31)23-36(63-35)37(52)49-33-24-44(15-16-44)14-13-32-10-11-34(51(32)38(33)53)39(54)50-26-30(27-50)28-8-7-17-48-25-28/h7-9,12,17,22-23,25,30,32-34H,10-11,13-16,18-21,24,26-27H2,1-6H3,(H,49,52)/t32-,33+,34+/m1/s1. The molecule has 1 aromatic carbocycles. The first-order valence-corrected chi connectivity index (χ1v) is 25.9. The zero-order valence-corrected chi connectivity index (χ0v) is 40.0. The summed E-state index contributed by atoms with van der Waals surface area (Å²) in [6.07, 6.45) is 8.92. The summed E-state index contributed by atoms with van der Waals surface area (Å²) in [5.41, 5.74) is -5.13. The van der Waals surface area contributed by atoms with Crippen LogP contribution in [0.15, 0.2) is 48.8 Å². The lowest BCUT2D eigenvalue weighted by atomic mass is 9.86. The Morgan fingerprint density at radius 2 is 1.57 bits per heavy atom. The largest absolute Gasteiger partial charge is 0.404 e. The van der Waals surface area contributed by atoms with E-state index in [2.05, 4.69) is 10.3 Å². The van der Waals surface area contributed by atoms with Crippen LogP contribution in [-0.2, 0) is 38.5 Å². The molecule has 3 aromatic rings. The van der Waals surface area contributed by atoms with Crippen molar-refractivity contribution in [3.8, 4) is 0 Å². The van der Waals surface area contributed by atoms with Crippen LogP contribution >= 0.6 is 42.5 Å². The van der Waals surface area contributed by atoms with Crippen LogP contribution in [0.3, 0.4) is 0 Å². The highest BCUT2D eigenvalue weighted by Crippen LogP contribution is 2.67. The van der Waals surface area contributed by atoms with Crippen LogP contribution in [-0.4, -0.2) is 98.7 Å². The van der Waals surface area contributed by atoms with E-state index in [9.17, 15) is 28.5 Å². The fraction of sp³-hybridized carbons (Fsp3) is 0.600. The summed E-state index contributed by atoms with van der Waals surface area (Å²) in [4.78, 5) is 75.3. The number of nitrogens with one attached hydrogen (secondary N) is 1. The molecule has 0 unspecified atom stereocenters. The maximum atomic E-state index is 16.5. The quantitative estimate of drug-likeness (QED) is 0.122. The summed E-state index contributed by atoms with van der Waals surface area (Å²) in [7, 11) is -5.25. The van der Waals surface area contributed by atoms with Gasteiger partial charge in [-0.15, -0.1) is 11.3 Å². The van der Waals surface area contributed by atoms with Crippen molar-refractivity contribution in [2.45, 2.75) is 116 Å². The summed E-state index contributed by atoms with van der Waals surface area (Å²) in [6, 6.07) is 7.48. The van der Waals surface area contributed by atoms with E-state index in [1.165, 1.54) is 12.1 Å². The Balaban J connectivity index is 1.06. The molecule has 5 heterocycles. The summed E-state index contributed by atoms with van der Waals surface area (Å²) >= 11 is 2.85. The third kappa shape index (κ3) is 10.6. The molecule has 12 nitrogen and oxygen atoms in total. The Kier molecular flexibility index (Phi) is 14.1. The minimum atomic E-state index is -5.25. The number of alkyl halides is 2. The van der Waals surface area contributed by atoms with Crippen molar-refractivity contribution in [2.75, 3.05) is 37.8 Å². The molecular weight excluding hydrogens is 890 g/mol. The first-order chi connectivity index (χ1) is 29.6. The Labute approximate surface area is 380 Å². The number of rotatable bonds is 14. The Bertz CT molecular complexity index is 2230. The average Bonchev–Trinajstić information content (AvgIpc) is 3.62. The number of hydrogen-bond acceptors (Lipinski definition) is 12. The van der Waals surface area contributed by atoms with Crippen LogP contribution in [0.2, 0.25) is 0 Å². The molecule has 63 heavy (non-hydrogen) atoms. The number of aromatic nitrogens is 1. The summed E-state index contributed by atoms with van der Waals surface area (Å²) in [5, 5.41) is 2.92. The van der Waals surface area contributed by atoms with E-state index in [0.717, 1.165) is 84.7 Å². The van der Waals surface area contributed by atoms with Crippen molar-refractivity contribution in [1.29, 1.82) is 0 Å². The zero-order valence-electron chi connectivity index (χ0n) is 36.7. The average molecular weight is 947 g/mol. The lowest BCUT2D eigenvalue weighted by molar-refractivity contribution is -0.150. The maximum Gasteiger partial charge on any atom is 0.404 e. The van der Waals surface area contributed by atoms with Gasteiger partial charge in [-0.1, -0.05) is 77.2 Å². The fourth-order valence-corrected chi connectivity index (χ4v) is 12.7. The smallest absolute Gasteiger partial charge is 0.340 e.